The van der Waals surface area contributed by atoms with Gasteiger partial charge in [-0.3, -0.25) is 14.2 Å². The number of aromatic nitrogens is 5. The van der Waals surface area contributed by atoms with E-state index in [0.717, 1.165) is 37.1 Å². The highest BCUT2D eigenvalue weighted by Gasteiger charge is 2.29. The standard InChI is InChI=1S/C18H18N6O4/c25-15(8-24-9-20-12(6-17(24)26)10-1-2-10)19-7-16-21-18(23-28-16)13-5-14(27-22-13)11-3-4-11/h5-6,9-11H,1-4,7-8H2,(H,19,25). The van der Waals surface area contributed by atoms with Crippen molar-refractivity contribution in [3.8, 4) is 11.5 Å². The van der Waals surface area contributed by atoms with Gasteiger partial charge in [0.25, 0.3) is 5.56 Å². The largest absolute Gasteiger partial charge is 0.360 e. The second-order valence-corrected chi connectivity index (χ2v) is 7.23. The molecule has 28 heavy (non-hydrogen) atoms. The van der Waals surface area contributed by atoms with Crippen LogP contribution < -0.4 is 10.9 Å². The van der Waals surface area contributed by atoms with Crippen LogP contribution in [-0.2, 0) is 17.9 Å². The number of nitrogens with one attached hydrogen (secondary N) is 1. The summed E-state index contributed by atoms with van der Waals surface area (Å²) in [6.45, 7) is -0.0622. The van der Waals surface area contributed by atoms with Crippen molar-refractivity contribution >= 4 is 5.91 Å². The minimum atomic E-state index is -0.347. The lowest BCUT2D eigenvalue weighted by molar-refractivity contribution is -0.122. The van der Waals surface area contributed by atoms with Crippen LogP contribution in [0.5, 0.6) is 0 Å². The van der Waals surface area contributed by atoms with Crippen molar-refractivity contribution in [1.82, 2.24) is 30.2 Å². The molecule has 1 N–H and O–H groups in total. The number of nitrogens with zero attached hydrogens (tertiary/aromatic N) is 5. The predicted molar refractivity (Wildman–Crippen MR) is 94.1 cm³/mol. The van der Waals surface area contributed by atoms with Crippen molar-refractivity contribution in [1.29, 1.82) is 0 Å². The minimum absolute atomic E-state index is 0.0570. The number of hydrogen-bond donors (Lipinski definition) is 1. The van der Waals surface area contributed by atoms with E-state index < -0.39 is 0 Å². The van der Waals surface area contributed by atoms with Crippen LogP contribution >= 0.6 is 0 Å². The Morgan fingerprint density at radius 3 is 2.71 bits per heavy atom. The molecule has 2 fully saturated rings. The molecule has 1 amide bonds. The van der Waals surface area contributed by atoms with E-state index in [1.807, 2.05) is 6.07 Å². The number of carbonyl (C=O) groups is 1. The normalized spacial score (nSPS) is 16.3. The Kier molecular flexibility index (Phi) is 4.03. The molecular formula is C18H18N6O4. The molecule has 0 radical (unpaired) electrons. The molecule has 144 valence electrons. The molecular weight excluding hydrogens is 364 g/mol. The van der Waals surface area contributed by atoms with Crippen molar-refractivity contribution in [3.05, 3.63) is 46.2 Å². The molecule has 10 heteroatoms. The average molecular weight is 382 g/mol. The van der Waals surface area contributed by atoms with Gasteiger partial charge in [-0.2, -0.15) is 4.98 Å². The van der Waals surface area contributed by atoms with E-state index in [1.54, 1.807) is 0 Å². The van der Waals surface area contributed by atoms with Gasteiger partial charge in [-0.05, 0) is 25.7 Å². The van der Waals surface area contributed by atoms with Crippen LogP contribution in [0.2, 0.25) is 0 Å². The van der Waals surface area contributed by atoms with E-state index in [4.69, 9.17) is 9.05 Å². The fourth-order valence-electron chi connectivity index (χ4n) is 2.93. The lowest BCUT2D eigenvalue weighted by Crippen LogP contribution is -2.32. The SMILES string of the molecule is O=C(Cn1cnc(C2CC2)cc1=O)NCc1nc(-c2cc(C3CC3)on2)no1. The zero-order chi connectivity index (χ0) is 19.1. The van der Waals surface area contributed by atoms with Crippen LogP contribution in [0.1, 0.15) is 54.9 Å². The fraction of sp³-hybridized carbons (Fsp3) is 0.444. The van der Waals surface area contributed by atoms with Gasteiger partial charge in [0.15, 0.2) is 5.69 Å². The molecule has 0 saturated heterocycles. The first-order valence-electron chi connectivity index (χ1n) is 9.28. The molecule has 3 aromatic rings. The predicted octanol–water partition coefficient (Wildman–Crippen LogP) is 1.35. The monoisotopic (exact) mass is 382 g/mol. The Balaban J connectivity index is 1.17. The number of amides is 1. The molecule has 0 bridgehead atoms. The first-order valence-corrected chi connectivity index (χ1v) is 9.28. The lowest BCUT2D eigenvalue weighted by atomic mass is 10.3. The average Bonchev–Trinajstić information content (AvgIpc) is 3.62. The van der Waals surface area contributed by atoms with E-state index in [-0.39, 0.29) is 30.4 Å². The minimum Gasteiger partial charge on any atom is -0.360 e. The van der Waals surface area contributed by atoms with Gasteiger partial charge in [0, 0.05) is 24.0 Å². The Morgan fingerprint density at radius 1 is 1.14 bits per heavy atom. The summed E-state index contributed by atoms with van der Waals surface area (Å²) in [5.41, 5.74) is 1.08. The van der Waals surface area contributed by atoms with Crippen LogP contribution in [0.15, 0.2) is 32.3 Å². The van der Waals surface area contributed by atoms with Crippen LogP contribution in [0, 0.1) is 0 Å². The topological polar surface area (TPSA) is 129 Å². The fourth-order valence-corrected chi connectivity index (χ4v) is 2.93. The van der Waals surface area contributed by atoms with E-state index in [2.05, 4.69) is 25.6 Å². The highest BCUT2D eigenvalue weighted by molar-refractivity contribution is 5.75. The maximum absolute atomic E-state index is 12.1. The number of rotatable bonds is 7. The van der Waals surface area contributed by atoms with Crippen molar-refractivity contribution < 1.29 is 13.8 Å². The highest BCUT2D eigenvalue weighted by atomic mass is 16.5. The zero-order valence-electron chi connectivity index (χ0n) is 15.0. The van der Waals surface area contributed by atoms with Crippen molar-refractivity contribution in [2.75, 3.05) is 0 Å². The summed E-state index contributed by atoms with van der Waals surface area (Å²) in [5.74, 6) is 1.89. The van der Waals surface area contributed by atoms with Crippen LogP contribution in [0.3, 0.4) is 0 Å². The Morgan fingerprint density at radius 2 is 1.96 bits per heavy atom. The maximum Gasteiger partial charge on any atom is 0.254 e. The van der Waals surface area contributed by atoms with Gasteiger partial charge in [0.05, 0.1) is 18.6 Å². The van der Waals surface area contributed by atoms with Gasteiger partial charge in [0.1, 0.15) is 12.3 Å². The smallest absolute Gasteiger partial charge is 0.254 e. The summed E-state index contributed by atoms with van der Waals surface area (Å²) < 4.78 is 11.7. The maximum atomic E-state index is 12.1. The first kappa shape index (κ1) is 16.8. The third-order valence-corrected chi connectivity index (χ3v) is 4.85. The van der Waals surface area contributed by atoms with E-state index >= 15 is 0 Å². The summed E-state index contributed by atoms with van der Waals surface area (Å²) in [6, 6.07) is 3.32. The summed E-state index contributed by atoms with van der Waals surface area (Å²) in [6.07, 6.45) is 5.78. The molecule has 10 nitrogen and oxygen atoms in total. The van der Waals surface area contributed by atoms with Gasteiger partial charge >= 0.3 is 0 Å². The molecule has 2 aliphatic rings. The van der Waals surface area contributed by atoms with Crippen LogP contribution in [-0.4, -0.2) is 30.8 Å². The summed E-state index contributed by atoms with van der Waals surface area (Å²) in [4.78, 5) is 32.7. The third-order valence-electron chi connectivity index (χ3n) is 4.85. The quantitative estimate of drug-likeness (QED) is 0.648. The van der Waals surface area contributed by atoms with Crippen molar-refractivity contribution in [3.63, 3.8) is 0 Å². The van der Waals surface area contributed by atoms with Gasteiger partial charge in [-0.1, -0.05) is 10.3 Å². The van der Waals surface area contributed by atoms with Gasteiger partial charge in [-0.15, -0.1) is 0 Å². The molecule has 0 atom stereocenters. The third kappa shape index (κ3) is 3.57. The molecule has 2 aliphatic carbocycles. The molecule has 3 aromatic heterocycles. The Labute approximate surface area is 158 Å². The zero-order valence-corrected chi connectivity index (χ0v) is 15.0. The van der Waals surface area contributed by atoms with E-state index in [9.17, 15) is 9.59 Å². The molecule has 2 saturated carbocycles. The second-order valence-electron chi connectivity index (χ2n) is 7.23. The van der Waals surface area contributed by atoms with Gasteiger partial charge in [0.2, 0.25) is 17.6 Å². The highest BCUT2D eigenvalue weighted by Crippen LogP contribution is 2.41. The van der Waals surface area contributed by atoms with Crippen molar-refractivity contribution in [2.45, 2.75) is 50.6 Å². The molecule has 0 unspecified atom stereocenters. The van der Waals surface area contributed by atoms with Gasteiger partial charge in [-0.25, -0.2) is 4.98 Å². The van der Waals surface area contributed by atoms with Gasteiger partial charge < -0.3 is 14.4 Å². The van der Waals surface area contributed by atoms with Crippen LogP contribution in [0.25, 0.3) is 11.5 Å². The van der Waals surface area contributed by atoms with Crippen LogP contribution in [0.4, 0.5) is 0 Å². The Hall–Kier alpha value is -3.30. The molecule has 0 spiro atoms. The Bertz CT molecular complexity index is 1080. The molecule has 3 heterocycles. The summed E-state index contributed by atoms with van der Waals surface area (Å²) in [5, 5.41) is 10.5. The lowest BCUT2D eigenvalue weighted by Gasteiger charge is -2.06. The number of carbonyl (C=O) groups excluding carboxylic acids is 1. The summed E-state index contributed by atoms with van der Waals surface area (Å²) in [7, 11) is 0. The van der Waals surface area contributed by atoms with Crippen molar-refractivity contribution in [2.24, 2.45) is 0 Å². The molecule has 0 aromatic carbocycles. The second kappa shape index (κ2) is 6.70. The summed E-state index contributed by atoms with van der Waals surface area (Å²) >= 11 is 0. The van der Waals surface area contributed by atoms with E-state index in [1.165, 1.54) is 17.0 Å². The first-order chi connectivity index (χ1) is 13.7. The van der Waals surface area contributed by atoms with E-state index in [0.29, 0.717) is 23.4 Å². The number of hydrogen-bond acceptors (Lipinski definition) is 8. The molecule has 5 rings (SSSR count). The molecule has 0 aliphatic heterocycles.